The quantitative estimate of drug-likeness (QED) is 0.669. The summed E-state index contributed by atoms with van der Waals surface area (Å²) in [5.41, 5.74) is 2.07. The Morgan fingerprint density at radius 3 is 2.90 bits per heavy atom. The smallest absolute Gasteiger partial charge is 0.262 e. The van der Waals surface area contributed by atoms with E-state index in [0.717, 1.165) is 70.0 Å². The van der Waals surface area contributed by atoms with Crippen LogP contribution in [0.15, 0.2) is 30.7 Å². The Morgan fingerprint density at radius 2 is 2.07 bits per heavy atom. The van der Waals surface area contributed by atoms with E-state index in [4.69, 9.17) is 9.84 Å². The Balaban J connectivity index is 1.41. The molecule has 2 fully saturated rings. The van der Waals surface area contributed by atoms with Crippen molar-refractivity contribution in [2.75, 3.05) is 31.6 Å². The molecular formula is C21H27N7O2. The molecular weight excluding hydrogens is 382 g/mol. The third-order valence-electron chi connectivity index (χ3n) is 6.09. The number of ether oxygens (including phenoxy) is 1. The van der Waals surface area contributed by atoms with E-state index in [-0.39, 0.29) is 5.91 Å². The lowest BCUT2D eigenvalue weighted by atomic mass is 9.95. The molecule has 30 heavy (non-hydrogen) atoms. The van der Waals surface area contributed by atoms with Gasteiger partial charge in [0.1, 0.15) is 11.4 Å². The number of piperidine rings is 1. The Bertz CT molecular complexity index is 1020. The number of amides is 1. The number of nitrogens with one attached hydrogen (secondary N) is 2. The Hall–Kier alpha value is -2.78. The van der Waals surface area contributed by atoms with E-state index in [0.29, 0.717) is 23.0 Å². The largest absolute Gasteiger partial charge is 0.381 e. The fourth-order valence-corrected chi connectivity index (χ4v) is 4.34. The molecule has 0 radical (unpaired) electrons. The van der Waals surface area contributed by atoms with Gasteiger partial charge in [0.2, 0.25) is 0 Å². The van der Waals surface area contributed by atoms with Crippen molar-refractivity contribution in [2.45, 2.75) is 38.1 Å². The minimum atomic E-state index is -0.214. The molecule has 0 spiro atoms. The van der Waals surface area contributed by atoms with Crippen molar-refractivity contribution in [1.82, 2.24) is 29.7 Å². The molecule has 3 aromatic heterocycles. The summed E-state index contributed by atoms with van der Waals surface area (Å²) in [5, 5.41) is 15.6. The highest BCUT2D eigenvalue weighted by molar-refractivity contribution is 6.07. The predicted octanol–water partition coefficient (Wildman–Crippen LogP) is 2.07. The summed E-state index contributed by atoms with van der Waals surface area (Å²) in [4.78, 5) is 17.3. The first kappa shape index (κ1) is 19.2. The zero-order valence-electron chi connectivity index (χ0n) is 17.0. The average molecular weight is 409 g/mol. The predicted molar refractivity (Wildman–Crippen MR) is 112 cm³/mol. The summed E-state index contributed by atoms with van der Waals surface area (Å²) in [6.45, 7) is 4.39. The highest BCUT2D eigenvalue weighted by Crippen LogP contribution is 2.28. The summed E-state index contributed by atoms with van der Waals surface area (Å²) in [6.07, 6.45) is 9.19. The van der Waals surface area contributed by atoms with Gasteiger partial charge in [-0.1, -0.05) is 0 Å². The molecule has 9 nitrogen and oxygen atoms in total. The Kier molecular flexibility index (Phi) is 5.46. The number of fused-ring (bicyclic) bond motifs is 1. The highest BCUT2D eigenvalue weighted by atomic mass is 16.5. The van der Waals surface area contributed by atoms with E-state index < -0.39 is 0 Å². The molecule has 9 heteroatoms. The number of nitrogens with zero attached hydrogens (tertiary/aromatic N) is 5. The van der Waals surface area contributed by atoms with Crippen LogP contribution < -0.4 is 10.6 Å². The van der Waals surface area contributed by atoms with Crippen LogP contribution in [0.4, 0.5) is 5.82 Å². The molecule has 0 aromatic carbocycles. The van der Waals surface area contributed by atoms with E-state index in [1.165, 1.54) is 0 Å². The van der Waals surface area contributed by atoms with E-state index in [9.17, 15) is 4.79 Å². The summed E-state index contributed by atoms with van der Waals surface area (Å²) in [7, 11) is 0. The lowest BCUT2D eigenvalue weighted by Gasteiger charge is -2.23. The van der Waals surface area contributed by atoms with Gasteiger partial charge in [0.25, 0.3) is 5.91 Å². The number of rotatable bonds is 5. The maximum absolute atomic E-state index is 13.0. The maximum atomic E-state index is 13.0. The van der Waals surface area contributed by atoms with Gasteiger partial charge in [0, 0.05) is 44.1 Å². The van der Waals surface area contributed by atoms with Crippen molar-refractivity contribution < 1.29 is 9.53 Å². The van der Waals surface area contributed by atoms with Crippen LogP contribution in [0.25, 0.3) is 5.65 Å². The summed E-state index contributed by atoms with van der Waals surface area (Å²) < 4.78 is 9.08. The molecule has 2 aliphatic heterocycles. The van der Waals surface area contributed by atoms with Crippen molar-refractivity contribution in [3.8, 4) is 0 Å². The first-order chi connectivity index (χ1) is 14.8. The van der Waals surface area contributed by atoms with Gasteiger partial charge in [0.15, 0.2) is 5.65 Å². The van der Waals surface area contributed by atoms with E-state index in [1.807, 2.05) is 10.7 Å². The van der Waals surface area contributed by atoms with Gasteiger partial charge in [-0.3, -0.25) is 4.79 Å². The molecule has 5 rings (SSSR count). The zero-order valence-corrected chi connectivity index (χ0v) is 17.0. The number of hydrogen-bond acceptors (Lipinski definition) is 6. The lowest BCUT2D eigenvalue weighted by Crippen LogP contribution is -2.27. The first-order valence-electron chi connectivity index (χ1n) is 10.7. The molecule has 2 N–H and O–H groups in total. The average Bonchev–Trinajstić information content (AvgIpc) is 3.39. The third kappa shape index (κ3) is 3.95. The van der Waals surface area contributed by atoms with Gasteiger partial charge in [-0.2, -0.15) is 10.2 Å². The SMILES string of the molecule is O=C(Nc1cc(C2CCNCC2)nn1CC1CCOCC1)c1cnn2cccnc12. The molecule has 2 saturated heterocycles. The van der Waals surface area contributed by atoms with Gasteiger partial charge >= 0.3 is 0 Å². The van der Waals surface area contributed by atoms with Crippen LogP contribution in [0.3, 0.4) is 0 Å². The minimum absolute atomic E-state index is 0.214. The molecule has 0 atom stereocenters. The fraction of sp³-hybridized carbons (Fsp3) is 0.524. The summed E-state index contributed by atoms with van der Waals surface area (Å²) in [6, 6.07) is 3.84. The van der Waals surface area contributed by atoms with Crippen molar-refractivity contribution in [3.05, 3.63) is 42.0 Å². The van der Waals surface area contributed by atoms with Crippen LogP contribution >= 0.6 is 0 Å². The van der Waals surface area contributed by atoms with Crippen molar-refractivity contribution in [3.63, 3.8) is 0 Å². The highest BCUT2D eigenvalue weighted by Gasteiger charge is 2.24. The van der Waals surface area contributed by atoms with Gasteiger partial charge < -0.3 is 15.4 Å². The molecule has 0 saturated carbocycles. The molecule has 2 aliphatic rings. The number of carbonyl (C=O) groups excluding carboxylic acids is 1. The van der Waals surface area contributed by atoms with Gasteiger partial charge in [-0.15, -0.1) is 0 Å². The number of anilines is 1. The van der Waals surface area contributed by atoms with Crippen molar-refractivity contribution in [1.29, 1.82) is 0 Å². The number of hydrogen-bond donors (Lipinski definition) is 2. The minimum Gasteiger partial charge on any atom is -0.381 e. The zero-order chi connectivity index (χ0) is 20.3. The van der Waals surface area contributed by atoms with Crippen LogP contribution in [-0.4, -0.2) is 56.6 Å². The molecule has 5 heterocycles. The van der Waals surface area contributed by atoms with Gasteiger partial charge in [-0.25, -0.2) is 14.2 Å². The monoisotopic (exact) mass is 409 g/mol. The van der Waals surface area contributed by atoms with E-state index in [2.05, 4.69) is 20.7 Å². The normalized spacial score (nSPS) is 18.7. The van der Waals surface area contributed by atoms with Crippen LogP contribution in [0.2, 0.25) is 0 Å². The fourth-order valence-electron chi connectivity index (χ4n) is 4.34. The molecule has 158 valence electrons. The third-order valence-corrected chi connectivity index (χ3v) is 6.09. The van der Waals surface area contributed by atoms with E-state index in [1.54, 1.807) is 29.2 Å². The second-order valence-electron chi connectivity index (χ2n) is 8.12. The second-order valence-corrected chi connectivity index (χ2v) is 8.12. The second kappa shape index (κ2) is 8.53. The molecule has 1 amide bonds. The maximum Gasteiger partial charge on any atom is 0.262 e. The van der Waals surface area contributed by atoms with Crippen LogP contribution in [0, 0.1) is 5.92 Å². The topological polar surface area (TPSA) is 98.4 Å². The Morgan fingerprint density at radius 1 is 1.23 bits per heavy atom. The lowest BCUT2D eigenvalue weighted by molar-refractivity contribution is 0.0602. The van der Waals surface area contributed by atoms with E-state index >= 15 is 0 Å². The molecule has 0 unspecified atom stereocenters. The van der Waals surface area contributed by atoms with Gasteiger partial charge in [0.05, 0.1) is 11.9 Å². The van der Waals surface area contributed by atoms with Crippen molar-refractivity contribution >= 4 is 17.4 Å². The molecule has 0 aliphatic carbocycles. The summed E-state index contributed by atoms with van der Waals surface area (Å²) >= 11 is 0. The van der Waals surface area contributed by atoms with Crippen LogP contribution in [-0.2, 0) is 11.3 Å². The van der Waals surface area contributed by atoms with Crippen LogP contribution in [0.1, 0.15) is 47.7 Å². The summed E-state index contributed by atoms with van der Waals surface area (Å²) in [5.74, 6) is 1.47. The molecule has 0 bridgehead atoms. The van der Waals surface area contributed by atoms with Crippen LogP contribution in [0.5, 0.6) is 0 Å². The Labute approximate surface area is 174 Å². The van der Waals surface area contributed by atoms with Crippen molar-refractivity contribution in [2.24, 2.45) is 5.92 Å². The van der Waals surface area contributed by atoms with Gasteiger partial charge in [-0.05, 0) is 50.8 Å². The first-order valence-corrected chi connectivity index (χ1v) is 10.7. The molecule has 3 aromatic rings. The number of carbonyl (C=O) groups is 1. The number of aromatic nitrogens is 5. The standard InChI is InChI=1S/C21H27N7O2/c29-21(17-13-24-27-9-1-6-23-20(17)27)25-19-12-18(16-2-7-22-8-3-16)26-28(19)14-15-4-10-30-11-5-15/h1,6,9,12-13,15-16,22H,2-5,7-8,10-11,14H2,(H,25,29).